The highest BCUT2D eigenvalue weighted by Gasteiger charge is 2.44. The van der Waals surface area contributed by atoms with Crippen LogP contribution in [0.4, 0.5) is 0 Å². The third-order valence-electron chi connectivity index (χ3n) is 6.22. The SMILES string of the molecule is CCC1(C2CCCCCCC2)CCC(O)CC(O)CC1O. The van der Waals surface area contributed by atoms with Gasteiger partial charge in [-0.25, -0.2) is 0 Å². The van der Waals surface area contributed by atoms with Crippen LogP contribution in [0.5, 0.6) is 0 Å². The second-order valence-corrected chi connectivity index (χ2v) is 7.46. The van der Waals surface area contributed by atoms with E-state index in [0.717, 1.165) is 19.3 Å². The highest BCUT2D eigenvalue weighted by molar-refractivity contribution is 4.95. The molecule has 0 aliphatic heterocycles. The standard InChI is InChI=1S/C18H34O3/c1-2-18(14-8-6-4-3-5-7-9-14)11-10-15(19)12-16(20)13-17(18)21/h14-17,19-21H,2-13H2,1H3. The van der Waals surface area contributed by atoms with E-state index in [2.05, 4.69) is 6.92 Å². The Labute approximate surface area is 129 Å². The predicted octanol–water partition coefficient (Wildman–Crippen LogP) is 3.40. The molecule has 124 valence electrons. The molecular weight excluding hydrogens is 264 g/mol. The molecule has 4 atom stereocenters. The Kier molecular flexibility index (Phi) is 6.51. The lowest BCUT2D eigenvalue weighted by Gasteiger charge is -2.47. The fourth-order valence-electron chi connectivity index (χ4n) is 4.83. The van der Waals surface area contributed by atoms with Crippen molar-refractivity contribution in [3.63, 3.8) is 0 Å². The minimum atomic E-state index is -0.560. The molecule has 0 spiro atoms. The van der Waals surface area contributed by atoms with Gasteiger partial charge < -0.3 is 15.3 Å². The van der Waals surface area contributed by atoms with Gasteiger partial charge in [0, 0.05) is 0 Å². The van der Waals surface area contributed by atoms with Gasteiger partial charge in [-0.1, -0.05) is 39.0 Å². The van der Waals surface area contributed by atoms with E-state index >= 15 is 0 Å². The highest BCUT2D eigenvalue weighted by atomic mass is 16.3. The summed E-state index contributed by atoms with van der Waals surface area (Å²) in [5, 5.41) is 31.0. The molecule has 21 heavy (non-hydrogen) atoms. The third kappa shape index (κ3) is 4.20. The van der Waals surface area contributed by atoms with Gasteiger partial charge in [0.05, 0.1) is 18.3 Å². The van der Waals surface area contributed by atoms with Gasteiger partial charge in [0.2, 0.25) is 0 Å². The Bertz CT molecular complexity index is 299. The fraction of sp³-hybridized carbons (Fsp3) is 1.00. The van der Waals surface area contributed by atoms with Crippen LogP contribution < -0.4 is 0 Å². The molecule has 2 aliphatic rings. The first kappa shape index (κ1) is 17.2. The molecule has 0 radical (unpaired) electrons. The van der Waals surface area contributed by atoms with Gasteiger partial charge in [0.1, 0.15) is 0 Å². The Hall–Kier alpha value is -0.120. The summed E-state index contributed by atoms with van der Waals surface area (Å²) in [5.41, 5.74) is -0.0975. The normalized spacial score (nSPS) is 40.9. The molecule has 0 aromatic rings. The van der Waals surface area contributed by atoms with E-state index in [-0.39, 0.29) is 5.41 Å². The minimum Gasteiger partial charge on any atom is -0.393 e. The third-order valence-corrected chi connectivity index (χ3v) is 6.22. The fourth-order valence-corrected chi connectivity index (χ4v) is 4.83. The van der Waals surface area contributed by atoms with Crippen molar-refractivity contribution in [2.24, 2.45) is 11.3 Å². The van der Waals surface area contributed by atoms with Crippen molar-refractivity contribution in [1.29, 1.82) is 0 Å². The Balaban J connectivity index is 2.17. The average Bonchev–Trinajstić information content (AvgIpc) is 2.39. The topological polar surface area (TPSA) is 60.7 Å². The van der Waals surface area contributed by atoms with Crippen molar-refractivity contribution in [3.8, 4) is 0 Å². The first-order valence-electron chi connectivity index (χ1n) is 9.12. The first-order chi connectivity index (χ1) is 10.1. The number of aliphatic hydroxyl groups is 3. The van der Waals surface area contributed by atoms with E-state index in [1.165, 1.54) is 44.9 Å². The zero-order chi connectivity index (χ0) is 15.3. The molecule has 2 saturated carbocycles. The predicted molar refractivity (Wildman–Crippen MR) is 85.0 cm³/mol. The molecule has 0 aromatic heterocycles. The maximum Gasteiger partial charge on any atom is 0.0623 e. The highest BCUT2D eigenvalue weighted by Crippen LogP contribution is 2.48. The molecular formula is C18H34O3. The summed E-state index contributed by atoms with van der Waals surface area (Å²) < 4.78 is 0. The Morgan fingerprint density at radius 2 is 1.43 bits per heavy atom. The maximum absolute atomic E-state index is 10.9. The molecule has 0 bridgehead atoms. The molecule has 0 heterocycles. The van der Waals surface area contributed by atoms with Gasteiger partial charge in [-0.3, -0.25) is 0 Å². The molecule has 0 saturated heterocycles. The van der Waals surface area contributed by atoms with E-state index in [9.17, 15) is 15.3 Å². The lowest BCUT2D eigenvalue weighted by molar-refractivity contribution is -0.0874. The van der Waals surface area contributed by atoms with Crippen LogP contribution in [0.3, 0.4) is 0 Å². The van der Waals surface area contributed by atoms with Gasteiger partial charge in [0.15, 0.2) is 0 Å². The summed E-state index contributed by atoms with van der Waals surface area (Å²) in [4.78, 5) is 0. The van der Waals surface area contributed by atoms with Crippen LogP contribution in [0.25, 0.3) is 0 Å². The van der Waals surface area contributed by atoms with Gasteiger partial charge >= 0.3 is 0 Å². The van der Waals surface area contributed by atoms with Crippen molar-refractivity contribution >= 4 is 0 Å². The summed E-state index contributed by atoms with van der Waals surface area (Å²) in [6.45, 7) is 2.18. The van der Waals surface area contributed by atoms with Crippen LogP contribution in [0, 0.1) is 11.3 Å². The van der Waals surface area contributed by atoms with Gasteiger partial charge in [-0.2, -0.15) is 0 Å². The molecule has 3 heteroatoms. The smallest absolute Gasteiger partial charge is 0.0623 e. The van der Waals surface area contributed by atoms with Gasteiger partial charge in [-0.05, 0) is 56.3 Å². The van der Waals surface area contributed by atoms with Crippen molar-refractivity contribution in [2.45, 2.75) is 102 Å². The molecule has 2 aliphatic carbocycles. The first-order valence-corrected chi connectivity index (χ1v) is 9.12. The summed E-state index contributed by atoms with van der Waals surface area (Å²) in [6, 6.07) is 0. The summed E-state index contributed by atoms with van der Waals surface area (Å²) in [5.74, 6) is 0.551. The summed E-state index contributed by atoms with van der Waals surface area (Å²) in [6.07, 6.45) is 11.0. The quantitative estimate of drug-likeness (QED) is 0.732. The maximum atomic E-state index is 10.9. The number of hydrogen-bond acceptors (Lipinski definition) is 3. The minimum absolute atomic E-state index is 0.0975. The molecule has 0 amide bonds. The Morgan fingerprint density at radius 1 is 0.810 bits per heavy atom. The van der Waals surface area contributed by atoms with E-state index in [1.54, 1.807) is 0 Å². The van der Waals surface area contributed by atoms with E-state index in [1.807, 2.05) is 0 Å². The number of aliphatic hydroxyl groups excluding tert-OH is 3. The van der Waals surface area contributed by atoms with Crippen LogP contribution in [0.15, 0.2) is 0 Å². The summed E-state index contributed by atoms with van der Waals surface area (Å²) in [7, 11) is 0. The zero-order valence-electron chi connectivity index (χ0n) is 13.6. The van der Waals surface area contributed by atoms with Crippen LogP contribution in [0.1, 0.15) is 84.0 Å². The van der Waals surface area contributed by atoms with Crippen molar-refractivity contribution < 1.29 is 15.3 Å². The van der Waals surface area contributed by atoms with Crippen LogP contribution >= 0.6 is 0 Å². The van der Waals surface area contributed by atoms with Crippen LogP contribution in [0.2, 0.25) is 0 Å². The van der Waals surface area contributed by atoms with E-state index in [4.69, 9.17) is 0 Å². The average molecular weight is 298 g/mol. The Morgan fingerprint density at radius 3 is 2.05 bits per heavy atom. The monoisotopic (exact) mass is 298 g/mol. The molecule has 0 aromatic carbocycles. The van der Waals surface area contributed by atoms with Crippen molar-refractivity contribution in [2.75, 3.05) is 0 Å². The van der Waals surface area contributed by atoms with Crippen LogP contribution in [-0.4, -0.2) is 33.6 Å². The van der Waals surface area contributed by atoms with Crippen LogP contribution in [-0.2, 0) is 0 Å². The molecule has 3 N–H and O–H groups in total. The molecule has 3 nitrogen and oxygen atoms in total. The van der Waals surface area contributed by atoms with Gasteiger partial charge in [-0.15, -0.1) is 0 Å². The lowest BCUT2D eigenvalue weighted by Crippen LogP contribution is -2.46. The van der Waals surface area contributed by atoms with Crippen molar-refractivity contribution in [1.82, 2.24) is 0 Å². The second kappa shape index (κ2) is 7.94. The summed E-state index contributed by atoms with van der Waals surface area (Å²) >= 11 is 0. The molecule has 2 fully saturated rings. The second-order valence-electron chi connectivity index (χ2n) is 7.46. The number of rotatable bonds is 2. The number of hydrogen-bond donors (Lipinski definition) is 3. The van der Waals surface area contributed by atoms with Crippen molar-refractivity contribution in [3.05, 3.63) is 0 Å². The zero-order valence-corrected chi connectivity index (χ0v) is 13.6. The van der Waals surface area contributed by atoms with Gasteiger partial charge in [0.25, 0.3) is 0 Å². The molecule has 2 rings (SSSR count). The lowest BCUT2D eigenvalue weighted by atomic mass is 9.60. The van der Waals surface area contributed by atoms with E-state index < -0.39 is 18.3 Å². The van der Waals surface area contributed by atoms with E-state index in [0.29, 0.717) is 18.8 Å². The molecule has 4 unspecified atom stereocenters. The largest absolute Gasteiger partial charge is 0.393 e.